The Labute approximate surface area is 192 Å². The maximum Gasteiger partial charge on any atom is 0.336 e. The molecule has 7 heteroatoms. The van der Waals surface area contributed by atoms with Crippen LogP contribution in [-0.2, 0) is 23.9 Å². The Balaban J connectivity index is 1.87. The number of esters is 2. The molecule has 0 spiro atoms. The lowest BCUT2D eigenvalue weighted by molar-refractivity contribution is -0.152. The molecule has 2 heterocycles. The number of carbonyl (C=O) groups is 3. The number of rotatable bonds is 6. The smallest absolute Gasteiger partial charge is 0.336 e. The number of ketones is 1. The Bertz CT molecular complexity index is 1110. The average molecular weight is 450 g/mol. The van der Waals surface area contributed by atoms with Crippen LogP contribution in [0.3, 0.4) is 0 Å². The van der Waals surface area contributed by atoms with Gasteiger partial charge in [-0.2, -0.15) is 0 Å². The van der Waals surface area contributed by atoms with Gasteiger partial charge in [0.2, 0.25) is 0 Å². The zero-order chi connectivity index (χ0) is 23.5. The lowest BCUT2D eigenvalue weighted by Crippen LogP contribution is -2.43. The molecule has 1 aliphatic carbocycles. The first-order valence-corrected chi connectivity index (χ1v) is 11.1. The zero-order valence-electron chi connectivity index (χ0n) is 18.9. The number of carbonyl (C=O) groups excluding carboxylic acids is 3. The van der Waals surface area contributed by atoms with Crippen molar-refractivity contribution in [3.05, 3.63) is 82.6 Å². The third-order valence-electron chi connectivity index (χ3n) is 6.10. The third kappa shape index (κ3) is 4.11. The fraction of sp³-hybridized carbons (Fsp3) is 0.346. The largest absolute Gasteiger partial charge is 0.469 e. The standard InChI is InChI=1S/C26H27NO6/c1-4-31-25(29)20-15(3)27-18-14-17(19-12-9-13-33-19)22(26(30)32-5-2)24(28)23(18)21(20)16-10-7-6-8-11-16/h6-13,17,21-22,27H,4-5,14H2,1-3H3/t17-,21-,22+/m0/s1. The van der Waals surface area contributed by atoms with E-state index in [1.807, 2.05) is 30.3 Å². The highest BCUT2D eigenvalue weighted by Gasteiger charge is 2.49. The molecule has 7 nitrogen and oxygen atoms in total. The van der Waals surface area contributed by atoms with Crippen molar-refractivity contribution in [1.82, 2.24) is 5.32 Å². The van der Waals surface area contributed by atoms with E-state index in [2.05, 4.69) is 5.32 Å². The summed E-state index contributed by atoms with van der Waals surface area (Å²) in [4.78, 5) is 39.9. The molecule has 172 valence electrons. The highest BCUT2D eigenvalue weighted by Crippen LogP contribution is 2.48. The van der Waals surface area contributed by atoms with E-state index in [0.29, 0.717) is 34.7 Å². The van der Waals surface area contributed by atoms with Crippen molar-refractivity contribution >= 4 is 17.7 Å². The van der Waals surface area contributed by atoms with E-state index in [1.54, 1.807) is 32.9 Å². The van der Waals surface area contributed by atoms with Gasteiger partial charge < -0.3 is 19.2 Å². The summed E-state index contributed by atoms with van der Waals surface area (Å²) < 4.78 is 16.2. The van der Waals surface area contributed by atoms with E-state index in [1.165, 1.54) is 6.26 Å². The van der Waals surface area contributed by atoms with Gasteiger partial charge in [0.25, 0.3) is 0 Å². The molecule has 0 fully saturated rings. The molecular formula is C26H27NO6. The van der Waals surface area contributed by atoms with E-state index in [-0.39, 0.29) is 19.0 Å². The molecule has 0 bridgehead atoms. The quantitative estimate of drug-likeness (QED) is 0.526. The number of furan rings is 1. The van der Waals surface area contributed by atoms with Gasteiger partial charge in [0.05, 0.1) is 25.1 Å². The summed E-state index contributed by atoms with van der Waals surface area (Å²) >= 11 is 0. The molecule has 4 rings (SSSR count). The topological polar surface area (TPSA) is 94.8 Å². The maximum absolute atomic E-state index is 14.0. The molecule has 1 aliphatic heterocycles. The molecular weight excluding hydrogens is 422 g/mol. The number of Topliss-reactive ketones (excluding diaryl/α,β-unsaturated/α-hetero) is 1. The summed E-state index contributed by atoms with van der Waals surface area (Å²) in [6, 6.07) is 12.8. The number of hydrogen-bond donors (Lipinski definition) is 1. The molecule has 33 heavy (non-hydrogen) atoms. The highest BCUT2D eigenvalue weighted by atomic mass is 16.5. The van der Waals surface area contributed by atoms with Crippen LogP contribution in [0.5, 0.6) is 0 Å². The monoisotopic (exact) mass is 449 g/mol. The minimum atomic E-state index is -1.07. The number of hydrogen-bond acceptors (Lipinski definition) is 7. The molecule has 3 atom stereocenters. The zero-order valence-corrected chi connectivity index (χ0v) is 18.9. The van der Waals surface area contributed by atoms with Gasteiger partial charge in [-0.25, -0.2) is 4.79 Å². The first-order valence-electron chi connectivity index (χ1n) is 11.1. The van der Waals surface area contributed by atoms with E-state index in [4.69, 9.17) is 13.9 Å². The van der Waals surface area contributed by atoms with Gasteiger partial charge in [0.15, 0.2) is 5.78 Å². The van der Waals surface area contributed by atoms with Crippen LogP contribution in [0.2, 0.25) is 0 Å². The lowest BCUT2D eigenvalue weighted by Gasteiger charge is -2.38. The summed E-state index contributed by atoms with van der Waals surface area (Å²) in [5.74, 6) is -3.13. The molecule has 1 aromatic heterocycles. The minimum absolute atomic E-state index is 0.160. The maximum atomic E-state index is 14.0. The Morgan fingerprint density at radius 1 is 1.06 bits per heavy atom. The van der Waals surface area contributed by atoms with Crippen LogP contribution in [0.15, 0.2) is 75.7 Å². The number of nitrogens with one attached hydrogen (secondary N) is 1. The van der Waals surface area contributed by atoms with Gasteiger partial charge in [-0.15, -0.1) is 0 Å². The Hall–Kier alpha value is -3.61. The molecule has 1 aromatic carbocycles. The van der Waals surface area contributed by atoms with Gasteiger partial charge in [0, 0.05) is 28.8 Å². The summed E-state index contributed by atoms with van der Waals surface area (Å²) in [6.07, 6.45) is 1.89. The third-order valence-corrected chi connectivity index (χ3v) is 6.10. The fourth-order valence-corrected chi connectivity index (χ4v) is 4.77. The van der Waals surface area contributed by atoms with Crippen molar-refractivity contribution in [1.29, 1.82) is 0 Å². The van der Waals surface area contributed by atoms with Crippen LogP contribution in [0.1, 0.15) is 50.4 Å². The van der Waals surface area contributed by atoms with Crippen LogP contribution >= 0.6 is 0 Å². The molecule has 2 aromatic rings. The van der Waals surface area contributed by atoms with Crippen molar-refractivity contribution in [2.24, 2.45) is 5.92 Å². The van der Waals surface area contributed by atoms with Gasteiger partial charge in [-0.3, -0.25) is 9.59 Å². The highest BCUT2D eigenvalue weighted by molar-refractivity contribution is 6.13. The second-order valence-corrected chi connectivity index (χ2v) is 8.04. The fourth-order valence-electron chi connectivity index (χ4n) is 4.77. The number of ether oxygens (including phenoxy) is 2. The molecule has 1 N–H and O–H groups in total. The van der Waals surface area contributed by atoms with Gasteiger partial charge in [0.1, 0.15) is 11.7 Å². The van der Waals surface area contributed by atoms with Gasteiger partial charge in [-0.05, 0) is 44.9 Å². The van der Waals surface area contributed by atoms with Crippen LogP contribution in [0, 0.1) is 5.92 Å². The molecule has 0 radical (unpaired) electrons. The van der Waals surface area contributed by atoms with Crippen molar-refractivity contribution in [3.63, 3.8) is 0 Å². The summed E-state index contributed by atoms with van der Waals surface area (Å²) in [6.45, 7) is 5.62. The lowest BCUT2D eigenvalue weighted by atomic mass is 9.68. The van der Waals surface area contributed by atoms with Gasteiger partial charge >= 0.3 is 11.9 Å². The number of benzene rings is 1. The van der Waals surface area contributed by atoms with Crippen LogP contribution in [-0.4, -0.2) is 30.9 Å². The van der Waals surface area contributed by atoms with Crippen molar-refractivity contribution in [2.45, 2.75) is 39.0 Å². The van der Waals surface area contributed by atoms with Gasteiger partial charge in [-0.1, -0.05) is 30.3 Å². The molecule has 0 saturated heterocycles. The predicted octanol–water partition coefficient (Wildman–Crippen LogP) is 3.99. The van der Waals surface area contributed by atoms with Crippen molar-refractivity contribution < 1.29 is 28.3 Å². The second-order valence-electron chi connectivity index (χ2n) is 8.04. The predicted molar refractivity (Wildman–Crippen MR) is 120 cm³/mol. The molecule has 0 saturated carbocycles. The van der Waals surface area contributed by atoms with Crippen molar-refractivity contribution in [3.8, 4) is 0 Å². The van der Waals surface area contributed by atoms with Crippen LogP contribution in [0.25, 0.3) is 0 Å². The van der Waals surface area contributed by atoms with Crippen molar-refractivity contribution in [2.75, 3.05) is 13.2 Å². The molecule has 0 amide bonds. The van der Waals surface area contributed by atoms with E-state index in [9.17, 15) is 14.4 Å². The van der Waals surface area contributed by atoms with Crippen LogP contribution in [0.4, 0.5) is 0 Å². The Morgan fingerprint density at radius 2 is 1.79 bits per heavy atom. The van der Waals surface area contributed by atoms with E-state index in [0.717, 1.165) is 5.56 Å². The number of dihydropyridines is 1. The average Bonchev–Trinajstić information content (AvgIpc) is 3.33. The Morgan fingerprint density at radius 3 is 2.42 bits per heavy atom. The molecule has 0 unspecified atom stereocenters. The first kappa shape index (κ1) is 22.6. The summed E-state index contributed by atoms with van der Waals surface area (Å²) in [5.41, 5.74) is 2.86. The molecule has 2 aliphatic rings. The Kier molecular flexibility index (Phi) is 6.49. The number of allylic oxidation sites excluding steroid dienone is 3. The minimum Gasteiger partial charge on any atom is -0.469 e. The van der Waals surface area contributed by atoms with E-state index < -0.39 is 29.7 Å². The van der Waals surface area contributed by atoms with Crippen LogP contribution < -0.4 is 5.32 Å². The first-order chi connectivity index (χ1) is 16.0. The second kappa shape index (κ2) is 9.48. The normalized spacial score (nSPS) is 22.5. The SMILES string of the molecule is CCOC(=O)C1=C(C)NC2=C(C(=O)[C@H](C(=O)OCC)[C@H](c3ccco3)C2)[C@H]1c1ccccc1. The summed E-state index contributed by atoms with van der Waals surface area (Å²) in [7, 11) is 0. The summed E-state index contributed by atoms with van der Waals surface area (Å²) in [5, 5.41) is 3.27. The van der Waals surface area contributed by atoms with E-state index >= 15 is 0 Å².